The van der Waals surface area contributed by atoms with Crippen LogP contribution in [-0.2, 0) is 6.54 Å². The van der Waals surface area contributed by atoms with Crippen LogP contribution in [0.2, 0.25) is 0 Å². The highest BCUT2D eigenvalue weighted by Crippen LogP contribution is 2.12. The summed E-state index contributed by atoms with van der Waals surface area (Å²) < 4.78 is 0. The number of nitrogens with one attached hydrogen (secondary N) is 1. The molecule has 1 unspecified atom stereocenters. The third kappa shape index (κ3) is 6.19. The van der Waals surface area contributed by atoms with Crippen molar-refractivity contribution >= 4 is 0 Å². The van der Waals surface area contributed by atoms with Crippen molar-refractivity contribution in [1.29, 1.82) is 0 Å². The monoisotopic (exact) mass is 264 g/mol. The molecular formula is C16H28N2O. The highest BCUT2D eigenvalue weighted by Gasteiger charge is 2.22. The molecule has 108 valence electrons. The highest BCUT2D eigenvalue weighted by atomic mass is 16.3. The van der Waals surface area contributed by atoms with Gasteiger partial charge in [-0.2, -0.15) is 0 Å². The van der Waals surface area contributed by atoms with E-state index in [-0.39, 0.29) is 0 Å². The predicted octanol–water partition coefficient (Wildman–Crippen LogP) is 2.18. The first kappa shape index (κ1) is 16.2. The summed E-state index contributed by atoms with van der Waals surface area (Å²) >= 11 is 0. The van der Waals surface area contributed by atoms with Crippen LogP contribution in [0.3, 0.4) is 0 Å². The number of nitrogens with zero attached hydrogens (tertiary/aromatic N) is 1. The first-order valence-corrected chi connectivity index (χ1v) is 6.99. The fraction of sp³-hybridized carbons (Fsp3) is 0.625. The van der Waals surface area contributed by atoms with Gasteiger partial charge in [-0.05, 0) is 32.0 Å². The minimum Gasteiger partial charge on any atom is -0.388 e. The maximum Gasteiger partial charge on any atom is 0.0869 e. The van der Waals surface area contributed by atoms with Crippen molar-refractivity contribution < 1.29 is 5.11 Å². The molecule has 3 heteroatoms. The van der Waals surface area contributed by atoms with Gasteiger partial charge in [-0.3, -0.25) is 4.90 Å². The minimum atomic E-state index is -0.707. The molecule has 2 N–H and O–H groups in total. The molecule has 3 nitrogen and oxygen atoms in total. The van der Waals surface area contributed by atoms with Crippen LogP contribution in [0, 0.1) is 6.92 Å². The van der Waals surface area contributed by atoms with Gasteiger partial charge in [0, 0.05) is 25.7 Å². The average molecular weight is 264 g/mol. The van der Waals surface area contributed by atoms with Crippen LogP contribution < -0.4 is 5.32 Å². The third-order valence-electron chi connectivity index (χ3n) is 3.20. The van der Waals surface area contributed by atoms with Gasteiger partial charge in [-0.1, -0.05) is 38.1 Å². The van der Waals surface area contributed by atoms with Crippen LogP contribution in [0.1, 0.15) is 31.9 Å². The molecule has 0 aliphatic rings. The van der Waals surface area contributed by atoms with E-state index in [0.717, 1.165) is 6.54 Å². The van der Waals surface area contributed by atoms with Crippen molar-refractivity contribution in [3.05, 3.63) is 35.4 Å². The molecule has 0 spiro atoms. The van der Waals surface area contributed by atoms with Crippen molar-refractivity contribution in [2.75, 3.05) is 20.1 Å². The molecule has 0 aliphatic carbocycles. The molecule has 0 amide bonds. The first-order chi connectivity index (χ1) is 8.80. The number of rotatable bonds is 7. The summed E-state index contributed by atoms with van der Waals surface area (Å²) in [7, 11) is 2.05. The zero-order chi connectivity index (χ0) is 14.5. The Morgan fingerprint density at radius 3 is 2.53 bits per heavy atom. The van der Waals surface area contributed by atoms with Crippen LogP contribution >= 0.6 is 0 Å². The van der Waals surface area contributed by atoms with Gasteiger partial charge in [-0.15, -0.1) is 0 Å². The topological polar surface area (TPSA) is 35.5 Å². The molecule has 1 aromatic rings. The second kappa shape index (κ2) is 7.04. The van der Waals surface area contributed by atoms with Crippen molar-refractivity contribution in [1.82, 2.24) is 10.2 Å². The van der Waals surface area contributed by atoms with E-state index in [0.29, 0.717) is 19.1 Å². The number of likely N-dealkylation sites (N-methyl/N-ethyl adjacent to an activating group) is 1. The van der Waals surface area contributed by atoms with Crippen LogP contribution in [0.5, 0.6) is 0 Å². The molecule has 0 radical (unpaired) electrons. The Labute approximate surface area is 117 Å². The van der Waals surface area contributed by atoms with Crippen molar-refractivity contribution in [2.45, 2.75) is 45.9 Å². The fourth-order valence-corrected chi connectivity index (χ4v) is 2.20. The maximum absolute atomic E-state index is 10.4. The molecular weight excluding hydrogens is 236 g/mol. The van der Waals surface area contributed by atoms with Crippen molar-refractivity contribution in [3.63, 3.8) is 0 Å². The number of aliphatic hydroxyl groups is 1. The van der Waals surface area contributed by atoms with Gasteiger partial charge in [0.2, 0.25) is 0 Å². The minimum absolute atomic E-state index is 0.396. The molecule has 1 aromatic carbocycles. The number of hydrogen-bond acceptors (Lipinski definition) is 3. The molecule has 0 bridgehead atoms. The first-order valence-electron chi connectivity index (χ1n) is 6.99. The average Bonchev–Trinajstić information content (AvgIpc) is 2.29. The Bertz CT molecular complexity index is 388. The summed E-state index contributed by atoms with van der Waals surface area (Å²) in [5.41, 5.74) is 1.91. The van der Waals surface area contributed by atoms with Crippen molar-refractivity contribution in [3.8, 4) is 0 Å². The summed E-state index contributed by atoms with van der Waals surface area (Å²) in [5.74, 6) is 0. The zero-order valence-electron chi connectivity index (χ0n) is 12.9. The fourth-order valence-electron chi connectivity index (χ4n) is 2.20. The second-order valence-electron chi connectivity index (χ2n) is 6.13. The third-order valence-corrected chi connectivity index (χ3v) is 3.20. The molecule has 0 aromatic heterocycles. The van der Waals surface area contributed by atoms with Gasteiger partial charge in [0.1, 0.15) is 0 Å². The van der Waals surface area contributed by atoms with E-state index in [1.54, 1.807) is 0 Å². The van der Waals surface area contributed by atoms with Crippen molar-refractivity contribution in [2.24, 2.45) is 0 Å². The Hall–Kier alpha value is -0.900. The molecule has 0 aliphatic heterocycles. The number of aryl methyl sites for hydroxylation is 1. The van der Waals surface area contributed by atoms with Crippen LogP contribution in [0.4, 0.5) is 0 Å². The molecule has 0 heterocycles. The molecule has 1 rings (SSSR count). The lowest BCUT2D eigenvalue weighted by atomic mass is 10.0. The van der Waals surface area contributed by atoms with Gasteiger partial charge in [-0.25, -0.2) is 0 Å². The molecule has 19 heavy (non-hydrogen) atoms. The Kier molecular flexibility index (Phi) is 5.98. The van der Waals surface area contributed by atoms with Gasteiger partial charge in [0.25, 0.3) is 0 Å². The summed E-state index contributed by atoms with van der Waals surface area (Å²) in [5, 5.41) is 13.7. The van der Waals surface area contributed by atoms with Crippen LogP contribution in [0.15, 0.2) is 24.3 Å². The molecule has 0 saturated carbocycles. The van der Waals surface area contributed by atoms with Gasteiger partial charge < -0.3 is 10.4 Å². The van der Waals surface area contributed by atoms with E-state index in [4.69, 9.17) is 0 Å². The maximum atomic E-state index is 10.4. The zero-order valence-corrected chi connectivity index (χ0v) is 12.9. The van der Waals surface area contributed by atoms with Crippen LogP contribution in [-0.4, -0.2) is 41.8 Å². The lowest BCUT2D eigenvalue weighted by Gasteiger charge is -2.30. The lowest BCUT2D eigenvalue weighted by molar-refractivity contribution is 0.0239. The summed E-state index contributed by atoms with van der Waals surface area (Å²) in [6.45, 7) is 10.3. The van der Waals surface area contributed by atoms with Gasteiger partial charge in [0.15, 0.2) is 0 Å². The summed E-state index contributed by atoms with van der Waals surface area (Å²) in [4.78, 5) is 2.17. The standard InChI is InChI=1S/C16H28N2O/c1-13(2)17-11-16(4,19)12-18(5)10-15-9-7-6-8-14(15)3/h6-9,13,17,19H,10-12H2,1-5H3. The van der Waals surface area contributed by atoms with E-state index in [1.165, 1.54) is 11.1 Å². The predicted molar refractivity (Wildman–Crippen MR) is 81.3 cm³/mol. The van der Waals surface area contributed by atoms with E-state index < -0.39 is 5.60 Å². The quantitative estimate of drug-likeness (QED) is 0.792. The van der Waals surface area contributed by atoms with Gasteiger partial charge >= 0.3 is 0 Å². The van der Waals surface area contributed by atoms with E-state index >= 15 is 0 Å². The number of hydrogen-bond donors (Lipinski definition) is 2. The van der Waals surface area contributed by atoms with Crippen LogP contribution in [0.25, 0.3) is 0 Å². The molecule has 0 saturated heterocycles. The smallest absolute Gasteiger partial charge is 0.0869 e. The normalized spacial score (nSPS) is 14.9. The van der Waals surface area contributed by atoms with E-state index in [2.05, 4.69) is 62.3 Å². The van der Waals surface area contributed by atoms with E-state index in [1.807, 2.05) is 6.92 Å². The highest BCUT2D eigenvalue weighted by molar-refractivity contribution is 5.25. The Balaban J connectivity index is 2.50. The SMILES string of the molecule is Cc1ccccc1CN(C)CC(C)(O)CNC(C)C. The largest absolute Gasteiger partial charge is 0.388 e. The summed E-state index contributed by atoms with van der Waals surface area (Å²) in [6, 6.07) is 8.79. The van der Waals surface area contributed by atoms with Gasteiger partial charge in [0.05, 0.1) is 5.60 Å². The van der Waals surface area contributed by atoms with E-state index in [9.17, 15) is 5.11 Å². The summed E-state index contributed by atoms with van der Waals surface area (Å²) in [6.07, 6.45) is 0. The Morgan fingerprint density at radius 2 is 1.95 bits per heavy atom. The Morgan fingerprint density at radius 1 is 1.32 bits per heavy atom. The molecule has 0 fully saturated rings. The lowest BCUT2D eigenvalue weighted by Crippen LogP contribution is -2.47. The second-order valence-corrected chi connectivity index (χ2v) is 6.13. The number of benzene rings is 1. The molecule has 1 atom stereocenters.